The first-order chi connectivity index (χ1) is 13.3. The number of nitrogens with zero attached hydrogens (tertiary/aromatic N) is 1. The van der Waals surface area contributed by atoms with Crippen LogP contribution in [-0.2, 0) is 14.3 Å². The van der Waals surface area contributed by atoms with Gasteiger partial charge in [0.25, 0.3) is 0 Å². The fourth-order valence-electron chi connectivity index (χ4n) is 6.12. The Hall–Kier alpha value is -1.99. The molecule has 0 spiro atoms. The van der Waals surface area contributed by atoms with Gasteiger partial charge in [-0.3, -0.25) is 4.79 Å². The number of hydrogen-bond donors (Lipinski definition) is 2. The van der Waals surface area contributed by atoms with Crippen LogP contribution in [0.15, 0.2) is 0 Å². The Labute approximate surface area is 165 Å². The molecule has 3 amide bonds. The predicted octanol–water partition coefficient (Wildman–Crippen LogP) is 2.01. The van der Waals surface area contributed by atoms with Crippen LogP contribution in [0.5, 0.6) is 0 Å². The highest BCUT2D eigenvalue weighted by atomic mass is 16.6. The first-order valence-corrected chi connectivity index (χ1v) is 10.5. The molecule has 6 atom stereocenters. The number of alkyl carbamates (subject to hydrolysis) is 1. The van der Waals surface area contributed by atoms with Crippen molar-refractivity contribution in [3.05, 3.63) is 0 Å². The van der Waals surface area contributed by atoms with Crippen LogP contribution < -0.4 is 11.1 Å². The van der Waals surface area contributed by atoms with Gasteiger partial charge < -0.3 is 25.4 Å². The van der Waals surface area contributed by atoms with Crippen LogP contribution in [-0.4, -0.2) is 54.3 Å². The van der Waals surface area contributed by atoms with Gasteiger partial charge >= 0.3 is 12.2 Å². The molecule has 8 heteroatoms. The number of ether oxygens (including phenoxy) is 2. The van der Waals surface area contributed by atoms with Crippen LogP contribution in [0, 0.1) is 23.2 Å². The van der Waals surface area contributed by atoms with Gasteiger partial charge in [-0.05, 0) is 70.1 Å². The third kappa shape index (κ3) is 3.53. The highest BCUT2D eigenvalue weighted by Gasteiger charge is 2.59. The number of nitrogens with one attached hydrogen (secondary N) is 1. The summed E-state index contributed by atoms with van der Waals surface area (Å²) in [7, 11) is 0. The number of carbonyl (C=O) groups excluding carboxylic acids is 3. The fraction of sp³-hybridized carbons (Fsp3) is 0.850. The number of carbonyl (C=O) groups is 3. The van der Waals surface area contributed by atoms with Gasteiger partial charge in [-0.15, -0.1) is 0 Å². The second-order valence-corrected chi connectivity index (χ2v) is 9.49. The molecule has 1 saturated heterocycles. The van der Waals surface area contributed by atoms with Gasteiger partial charge in [0.1, 0.15) is 6.10 Å². The van der Waals surface area contributed by atoms with Crippen LogP contribution in [0.4, 0.5) is 9.59 Å². The molecule has 28 heavy (non-hydrogen) atoms. The third-order valence-corrected chi connectivity index (χ3v) is 7.06. The molecule has 0 radical (unpaired) electrons. The fourth-order valence-corrected chi connectivity index (χ4v) is 6.12. The summed E-state index contributed by atoms with van der Waals surface area (Å²) in [6.07, 6.45) is 4.08. The lowest BCUT2D eigenvalue weighted by molar-refractivity contribution is -0.161. The Morgan fingerprint density at radius 1 is 1.14 bits per heavy atom. The van der Waals surface area contributed by atoms with E-state index in [1.54, 1.807) is 18.7 Å². The van der Waals surface area contributed by atoms with Crippen molar-refractivity contribution in [1.29, 1.82) is 0 Å². The molecule has 5 aliphatic rings. The van der Waals surface area contributed by atoms with Crippen LogP contribution >= 0.6 is 0 Å². The molecule has 3 unspecified atom stereocenters. The third-order valence-electron chi connectivity index (χ3n) is 7.06. The molecule has 8 nitrogen and oxygen atoms in total. The maximum atomic E-state index is 12.7. The highest BCUT2D eigenvalue weighted by Crippen LogP contribution is 2.60. The Morgan fingerprint density at radius 2 is 1.82 bits per heavy atom. The Kier molecular flexibility index (Phi) is 4.91. The molecule has 156 valence electrons. The summed E-state index contributed by atoms with van der Waals surface area (Å²) >= 11 is 0. The van der Waals surface area contributed by atoms with Gasteiger partial charge in [0, 0.05) is 13.1 Å². The van der Waals surface area contributed by atoms with Crippen LogP contribution in [0.1, 0.15) is 52.4 Å². The van der Waals surface area contributed by atoms with Crippen molar-refractivity contribution in [2.45, 2.75) is 70.6 Å². The molecule has 0 aromatic rings. The standard InChI is InChI=1S/C20H31N3O5/c1-11(2)27-18(25)22-15-3-4-23(10-15)19(26)28-16-13-5-12-6-14(16)9-20(7-12,8-13)17(21)24/h11-16H,3-10H2,1-2H3,(H2,21,24)(H,22,25)/t12?,13-,14?,15-,16?,20+/m1/s1. The first kappa shape index (κ1) is 19.3. The zero-order valence-corrected chi connectivity index (χ0v) is 16.7. The summed E-state index contributed by atoms with van der Waals surface area (Å²) in [5, 5.41) is 2.81. The van der Waals surface area contributed by atoms with E-state index >= 15 is 0 Å². The van der Waals surface area contributed by atoms with Crippen molar-refractivity contribution in [2.75, 3.05) is 13.1 Å². The molecule has 5 fully saturated rings. The van der Waals surface area contributed by atoms with Crippen molar-refractivity contribution in [1.82, 2.24) is 10.2 Å². The van der Waals surface area contributed by atoms with Gasteiger partial charge in [-0.2, -0.15) is 0 Å². The lowest BCUT2D eigenvalue weighted by Crippen LogP contribution is -2.59. The number of nitrogens with two attached hydrogens (primary N) is 1. The summed E-state index contributed by atoms with van der Waals surface area (Å²) in [5.41, 5.74) is 5.35. The lowest BCUT2D eigenvalue weighted by Gasteiger charge is -2.58. The molecule has 0 aromatic heterocycles. The number of amides is 3. The summed E-state index contributed by atoms with van der Waals surface area (Å²) < 4.78 is 11.0. The average molecular weight is 393 g/mol. The van der Waals surface area contributed by atoms with Crippen molar-refractivity contribution in [3.63, 3.8) is 0 Å². The zero-order chi connectivity index (χ0) is 20.1. The lowest BCUT2D eigenvalue weighted by atomic mass is 9.48. The number of hydrogen-bond acceptors (Lipinski definition) is 5. The highest BCUT2D eigenvalue weighted by molar-refractivity contribution is 5.81. The number of likely N-dealkylation sites (tertiary alicyclic amines) is 1. The Bertz CT molecular complexity index is 650. The average Bonchev–Trinajstić information content (AvgIpc) is 3.05. The van der Waals surface area contributed by atoms with E-state index in [9.17, 15) is 14.4 Å². The molecule has 1 aliphatic heterocycles. The maximum Gasteiger partial charge on any atom is 0.410 e. The summed E-state index contributed by atoms with van der Waals surface area (Å²) in [5.74, 6) is 0.825. The quantitative estimate of drug-likeness (QED) is 0.759. The van der Waals surface area contributed by atoms with Crippen LogP contribution in [0.3, 0.4) is 0 Å². The molecular weight excluding hydrogens is 362 g/mol. The summed E-state index contributed by atoms with van der Waals surface area (Å²) in [6, 6.07) is -0.115. The Balaban J connectivity index is 1.32. The van der Waals surface area contributed by atoms with Crippen molar-refractivity contribution in [2.24, 2.45) is 28.9 Å². The zero-order valence-electron chi connectivity index (χ0n) is 16.7. The minimum Gasteiger partial charge on any atom is -0.447 e. The molecule has 1 heterocycles. The van der Waals surface area contributed by atoms with E-state index in [-0.39, 0.29) is 47.5 Å². The molecular formula is C20H31N3O5. The van der Waals surface area contributed by atoms with E-state index in [4.69, 9.17) is 15.2 Å². The molecule has 4 aliphatic carbocycles. The SMILES string of the molecule is CC(C)OC(=O)N[C@@H]1CCN(C(=O)OC2C3CC4C[C@@H]2C[C@@](C(N)=O)(C4)C3)C1. The molecule has 5 rings (SSSR count). The molecule has 4 bridgehead atoms. The van der Waals surface area contributed by atoms with Crippen molar-refractivity contribution < 1.29 is 23.9 Å². The molecule has 0 aromatic carbocycles. The van der Waals surface area contributed by atoms with Gasteiger partial charge in [0.2, 0.25) is 5.91 Å². The van der Waals surface area contributed by atoms with Crippen molar-refractivity contribution in [3.8, 4) is 0 Å². The minimum atomic E-state index is -0.451. The van der Waals surface area contributed by atoms with E-state index in [2.05, 4.69) is 5.32 Å². The summed E-state index contributed by atoms with van der Waals surface area (Å²) in [6.45, 7) is 4.58. The largest absolute Gasteiger partial charge is 0.447 e. The normalized spacial score (nSPS) is 38.5. The minimum absolute atomic E-state index is 0.115. The van der Waals surface area contributed by atoms with Crippen LogP contribution in [0.2, 0.25) is 0 Å². The second kappa shape index (κ2) is 7.12. The van der Waals surface area contributed by atoms with Gasteiger partial charge in [-0.1, -0.05) is 0 Å². The topological polar surface area (TPSA) is 111 Å². The second-order valence-electron chi connectivity index (χ2n) is 9.49. The van der Waals surface area contributed by atoms with Crippen molar-refractivity contribution >= 4 is 18.1 Å². The van der Waals surface area contributed by atoms with E-state index in [1.165, 1.54) is 0 Å². The smallest absolute Gasteiger partial charge is 0.410 e. The number of primary amides is 1. The molecule has 4 saturated carbocycles. The monoisotopic (exact) mass is 393 g/mol. The predicted molar refractivity (Wildman–Crippen MR) is 100 cm³/mol. The first-order valence-electron chi connectivity index (χ1n) is 10.5. The van der Waals surface area contributed by atoms with Gasteiger partial charge in [0.15, 0.2) is 0 Å². The van der Waals surface area contributed by atoms with Gasteiger partial charge in [-0.25, -0.2) is 9.59 Å². The Morgan fingerprint density at radius 3 is 2.43 bits per heavy atom. The maximum absolute atomic E-state index is 12.7. The summed E-state index contributed by atoms with van der Waals surface area (Å²) in [4.78, 5) is 38.2. The number of rotatable bonds is 4. The van der Waals surface area contributed by atoms with E-state index in [0.717, 1.165) is 32.1 Å². The van der Waals surface area contributed by atoms with E-state index < -0.39 is 6.09 Å². The van der Waals surface area contributed by atoms with E-state index in [1.807, 2.05) is 0 Å². The van der Waals surface area contributed by atoms with Crippen LogP contribution in [0.25, 0.3) is 0 Å². The van der Waals surface area contributed by atoms with E-state index in [0.29, 0.717) is 25.4 Å². The molecule has 3 N–H and O–H groups in total. The van der Waals surface area contributed by atoms with Gasteiger partial charge in [0.05, 0.1) is 17.6 Å².